The first-order valence-corrected chi connectivity index (χ1v) is 11.3. The van der Waals surface area contributed by atoms with Crippen molar-refractivity contribution in [2.45, 2.75) is 44.4 Å². The lowest BCUT2D eigenvalue weighted by Crippen LogP contribution is -2.46. The third-order valence-electron chi connectivity index (χ3n) is 5.86. The van der Waals surface area contributed by atoms with Gasteiger partial charge in [-0.2, -0.15) is 4.98 Å². The van der Waals surface area contributed by atoms with E-state index in [0.717, 1.165) is 22.9 Å². The van der Waals surface area contributed by atoms with Crippen LogP contribution in [0.4, 0.5) is 21.4 Å². The van der Waals surface area contributed by atoms with Crippen LogP contribution in [0.25, 0.3) is 10.9 Å². The lowest BCUT2D eigenvalue weighted by Gasteiger charge is -2.35. The molecule has 2 amide bonds. The summed E-state index contributed by atoms with van der Waals surface area (Å²) in [6, 6.07) is 16.8. The number of rotatable bonds is 6. The smallest absolute Gasteiger partial charge is 0.417 e. The highest BCUT2D eigenvalue weighted by Gasteiger charge is 2.35. The van der Waals surface area contributed by atoms with Crippen LogP contribution in [-0.4, -0.2) is 48.4 Å². The predicted molar refractivity (Wildman–Crippen MR) is 130 cm³/mol. The summed E-state index contributed by atoms with van der Waals surface area (Å²) in [4.78, 5) is 37.6. The molecule has 0 aliphatic heterocycles. The number of nitrogens with zero attached hydrogens (tertiary/aromatic N) is 4. The molecule has 0 saturated heterocycles. The molecule has 2 atom stereocenters. The monoisotopic (exact) mass is 463 g/mol. The fourth-order valence-corrected chi connectivity index (χ4v) is 4.31. The minimum absolute atomic E-state index is 0.123. The summed E-state index contributed by atoms with van der Waals surface area (Å²) in [7, 11) is 3.79. The van der Waals surface area contributed by atoms with Crippen LogP contribution in [0.3, 0.4) is 0 Å². The van der Waals surface area contributed by atoms with E-state index in [1.165, 1.54) is 4.90 Å². The molecule has 1 aliphatic rings. The maximum absolute atomic E-state index is 13.4. The highest BCUT2D eigenvalue weighted by molar-refractivity contribution is 5.93. The Balaban J connectivity index is 1.70. The second-order valence-electron chi connectivity index (χ2n) is 8.55. The molecular weight excluding hydrogens is 434 g/mol. The van der Waals surface area contributed by atoms with Crippen molar-refractivity contribution in [2.24, 2.45) is 5.73 Å². The van der Waals surface area contributed by atoms with E-state index in [-0.39, 0.29) is 24.7 Å². The van der Waals surface area contributed by atoms with Crippen molar-refractivity contribution in [2.75, 3.05) is 23.9 Å². The number of fused-ring (bicyclic) bond motifs is 1. The first-order valence-electron chi connectivity index (χ1n) is 11.3. The van der Waals surface area contributed by atoms with Crippen molar-refractivity contribution in [1.82, 2.24) is 9.97 Å². The van der Waals surface area contributed by atoms with Gasteiger partial charge >= 0.3 is 12.2 Å². The summed E-state index contributed by atoms with van der Waals surface area (Å²) < 4.78 is 10.9. The molecule has 1 aliphatic carbocycles. The van der Waals surface area contributed by atoms with Gasteiger partial charge in [-0.15, -0.1) is 0 Å². The molecule has 0 unspecified atom stereocenters. The highest BCUT2D eigenvalue weighted by atomic mass is 16.6. The number of aromatic nitrogens is 2. The van der Waals surface area contributed by atoms with Crippen molar-refractivity contribution < 1.29 is 19.1 Å². The maximum Gasteiger partial charge on any atom is 0.417 e. The summed E-state index contributed by atoms with van der Waals surface area (Å²) in [5, 5.41) is 0.882. The molecule has 9 nitrogen and oxygen atoms in total. The molecule has 1 saturated carbocycles. The van der Waals surface area contributed by atoms with Crippen molar-refractivity contribution in [3.05, 3.63) is 60.2 Å². The molecule has 1 heterocycles. The minimum atomic E-state index is -0.819. The molecule has 4 rings (SSSR count). The normalized spacial score (nSPS) is 17.7. The van der Waals surface area contributed by atoms with E-state index in [0.29, 0.717) is 25.1 Å². The van der Waals surface area contributed by atoms with E-state index < -0.39 is 12.2 Å². The van der Waals surface area contributed by atoms with Gasteiger partial charge in [0.25, 0.3) is 0 Å². The quantitative estimate of drug-likeness (QED) is 0.582. The Kier molecular flexibility index (Phi) is 7.10. The van der Waals surface area contributed by atoms with E-state index in [1.54, 1.807) is 0 Å². The summed E-state index contributed by atoms with van der Waals surface area (Å²) in [6.07, 6.45) is 0.833. The molecular formula is C25H29N5O4. The number of nitrogens with two attached hydrogens (primary N) is 1. The average molecular weight is 464 g/mol. The Morgan fingerprint density at radius 2 is 1.76 bits per heavy atom. The van der Waals surface area contributed by atoms with E-state index in [9.17, 15) is 9.59 Å². The number of ether oxygens (including phenoxy) is 2. The van der Waals surface area contributed by atoms with Crippen LogP contribution >= 0.6 is 0 Å². The third-order valence-corrected chi connectivity index (χ3v) is 5.86. The Morgan fingerprint density at radius 1 is 1.03 bits per heavy atom. The Bertz CT molecular complexity index is 1150. The second-order valence-corrected chi connectivity index (χ2v) is 8.55. The van der Waals surface area contributed by atoms with Gasteiger partial charge < -0.3 is 20.1 Å². The number of benzene rings is 2. The third kappa shape index (κ3) is 5.36. The number of hydrogen-bond acceptors (Lipinski definition) is 7. The summed E-state index contributed by atoms with van der Waals surface area (Å²) in [6.45, 7) is 0.123. The average Bonchev–Trinajstić information content (AvgIpc) is 2.83. The number of anilines is 2. The number of hydrogen-bond donors (Lipinski definition) is 1. The summed E-state index contributed by atoms with van der Waals surface area (Å²) >= 11 is 0. The topological polar surface area (TPSA) is 111 Å². The minimum Gasteiger partial charge on any atom is -0.446 e. The van der Waals surface area contributed by atoms with E-state index in [2.05, 4.69) is 0 Å². The van der Waals surface area contributed by atoms with Crippen LogP contribution in [-0.2, 0) is 16.1 Å². The molecule has 2 aromatic carbocycles. The SMILES string of the molecule is CN(C)c1nc(N(C(=O)OCc2ccccc2)[C@H]2CCC[C@H](OC(N)=O)C2)nc2ccccc12. The Labute approximate surface area is 198 Å². The van der Waals surface area contributed by atoms with Crippen LogP contribution in [0.15, 0.2) is 54.6 Å². The fraction of sp³-hybridized carbons (Fsp3) is 0.360. The largest absolute Gasteiger partial charge is 0.446 e. The van der Waals surface area contributed by atoms with Gasteiger partial charge in [0.15, 0.2) is 0 Å². The van der Waals surface area contributed by atoms with Gasteiger partial charge in [-0.1, -0.05) is 42.5 Å². The second kappa shape index (κ2) is 10.4. The molecule has 0 radical (unpaired) electrons. The molecule has 1 aromatic heterocycles. The van der Waals surface area contributed by atoms with Crippen LogP contribution in [0.2, 0.25) is 0 Å². The number of carbonyl (C=O) groups excluding carboxylic acids is 2. The van der Waals surface area contributed by atoms with Crippen LogP contribution < -0.4 is 15.5 Å². The molecule has 0 spiro atoms. The summed E-state index contributed by atoms with van der Waals surface area (Å²) in [5.74, 6) is 0.951. The first-order chi connectivity index (χ1) is 16.4. The zero-order chi connectivity index (χ0) is 24.1. The molecule has 3 aromatic rings. The van der Waals surface area contributed by atoms with Crippen molar-refractivity contribution in [3.63, 3.8) is 0 Å². The predicted octanol–water partition coefficient (Wildman–Crippen LogP) is 4.25. The highest BCUT2D eigenvalue weighted by Crippen LogP contribution is 2.31. The van der Waals surface area contributed by atoms with Crippen molar-refractivity contribution in [1.29, 1.82) is 0 Å². The molecule has 2 N–H and O–H groups in total. The van der Waals surface area contributed by atoms with E-state index in [4.69, 9.17) is 25.2 Å². The number of primary amides is 1. The molecule has 0 bridgehead atoms. The number of para-hydroxylation sites is 1. The lowest BCUT2D eigenvalue weighted by atomic mass is 9.92. The van der Waals surface area contributed by atoms with Gasteiger partial charge in [-0.05, 0) is 37.0 Å². The maximum atomic E-state index is 13.4. The van der Waals surface area contributed by atoms with Gasteiger partial charge in [-0.25, -0.2) is 19.5 Å². The molecule has 1 fully saturated rings. The van der Waals surface area contributed by atoms with Gasteiger partial charge in [0.05, 0.1) is 5.52 Å². The Hall–Kier alpha value is -3.88. The zero-order valence-corrected chi connectivity index (χ0v) is 19.4. The fourth-order valence-electron chi connectivity index (χ4n) is 4.31. The van der Waals surface area contributed by atoms with E-state index >= 15 is 0 Å². The van der Waals surface area contributed by atoms with Crippen LogP contribution in [0, 0.1) is 0 Å². The number of amides is 2. The molecule has 178 valence electrons. The van der Waals surface area contributed by atoms with Gasteiger partial charge in [0.2, 0.25) is 5.95 Å². The standard InChI is InChI=1S/C25H29N5O4/c1-29(2)22-20-13-6-7-14-21(20)27-24(28-22)30(18-11-8-12-19(15-18)34-23(26)31)25(32)33-16-17-9-4-3-5-10-17/h3-7,9-10,13-14,18-19H,8,11-12,15-16H2,1-2H3,(H2,26,31)/t18-,19-/m0/s1. The molecule has 34 heavy (non-hydrogen) atoms. The number of carbonyl (C=O) groups is 2. The van der Waals surface area contributed by atoms with Gasteiger partial charge in [0, 0.05) is 31.9 Å². The van der Waals surface area contributed by atoms with E-state index in [1.807, 2.05) is 73.6 Å². The summed E-state index contributed by atoms with van der Waals surface area (Å²) in [5.41, 5.74) is 6.84. The van der Waals surface area contributed by atoms with Crippen molar-refractivity contribution >= 4 is 34.9 Å². The van der Waals surface area contributed by atoms with Crippen LogP contribution in [0.1, 0.15) is 31.2 Å². The van der Waals surface area contributed by atoms with Gasteiger partial charge in [-0.3, -0.25) is 0 Å². The lowest BCUT2D eigenvalue weighted by molar-refractivity contribution is 0.0747. The zero-order valence-electron chi connectivity index (χ0n) is 19.4. The van der Waals surface area contributed by atoms with Gasteiger partial charge in [0.1, 0.15) is 18.5 Å². The Morgan fingerprint density at radius 3 is 2.50 bits per heavy atom. The van der Waals surface area contributed by atoms with Crippen LogP contribution in [0.5, 0.6) is 0 Å². The first kappa shape index (κ1) is 23.3. The molecule has 9 heteroatoms. The van der Waals surface area contributed by atoms with Crippen molar-refractivity contribution in [3.8, 4) is 0 Å².